The van der Waals surface area contributed by atoms with Gasteiger partial charge >= 0.3 is 0 Å². The van der Waals surface area contributed by atoms with Crippen LogP contribution in [0.3, 0.4) is 0 Å². The third-order valence-electron chi connectivity index (χ3n) is 1.85. The summed E-state index contributed by atoms with van der Waals surface area (Å²) in [7, 11) is 1.47. The Labute approximate surface area is 107 Å². The highest BCUT2D eigenvalue weighted by Crippen LogP contribution is 2.23. The van der Waals surface area contributed by atoms with Gasteiger partial charge in [0.1, 0.15) is 11.6 Å². The lowest BCUT2D eigenvalue weighted by molar-refractivity contribution is -0.116. The average Bonchev–Trinajstić information content (AvgIpc) is 2.29. The van der Waals surface area contributed by atoms with Crippen molar-refractivity contribution in [3.8, 4) is 6.07 Å². The van der Waals surface area contributed by atoms with Crippen LogP contribution in [-0.4, -0.2) is 13.0 Å². The molecule has 0 fully saturated rings. The Hall–Kier alpha value is -1.31. The van der Waals surface area contributed by atoms with Gasteiger partial charge in [-0.25, -0.2) is 0 Å². The van der Waals surface area contributed by atoms with Crippen molar-refractivity contribution in [2.45, 2.75) is 0 Å². The van der Waals surface area contributed by atoms with Gasteiger partial charge in [-0.05, 0) is 29.8 Å². The Balaban J connectivity index is 3.19. The first kappa shape index (κ1) is 12.8. The summed E-state index contributed by atoms with van der Waals surface area (Å²) in [6.45, 7) is 0. The first-order valence-corrected chi connectivity index (χ1v) is 5.54. The highest BCUT2D eigenvalue weighted by atomic mass is 79.9. The topological polar surface area (TPSA) is 52.9 Å². The van der Waals surface area contributed by atoms with Crippen molar-refractivity contribution in [1.82, 2.24) is 5.32 Å². The Morgan fingerprint density at radius 2 is 2.31 bits per heavy atom. The minimum Gasteiger partial charge on any atom is -0.354 e. The molecule has 0 bridgehead atoms. The highest BCUT2D eigenvalue weighted by molar-refractivity contribution is 9.10. The van der Waals surface area contributed by atoms with Gasteiger partial charge in [0, 0.05) is 16.5 Å². The molecule has 1 amide bonds. The molecular formula is C11H8BrClN2O. The molecule has 5 heteroatoms. The zero-order valence-electron chi connectivity index (χ0n) is 8.42. The van der Waals surface area contributed by atoms with Gasteiger partial charge in [0.2, 0.25) is 0 Å². The molecule has 82 valence electrons. The van der Waals surface area contributed by atoms with E-state index in [9.17, 15) is 4.79 Å². The fraction of sp³-hybridized carbons (Fsp3) is 0.0909. The molecule has 0 unspecified atom stereocenters. The Kier molecular flexibility index (Phi) is 4.53. The van der Waals surface area contributed by atoms with Crippen LogP contribution in [-0.2, 0) is 4.79 Å². The molecule has 1 N–H and O–H groups in total. The number of amides is 1. The molecule has 1 aromatic carbocycles. The Morgan fingerprint density at radius 1 is 1.62 bits per heavy atom. The number of benzene rings is 1. The molecule has 0 saturated carbocycles. The number of rotatable bonds is 2. The van der Waals surface area contributed by atoms with E-state index in [0.717, 1.165) is 4.47 Å². The monoisotopic (exact) mass is 298 g/mol. The van der Waals surface area contributed by atoms with Crippen molar-refractivity contribution in [2.24, 2.45) is 0 Å². The summed E-state index contributed by atoms with van der Waals surface area (Å²) >= 11 is 9.14. The summed E-state index contributed by atoms with van der Waals surface area (Å²) in [4.78, 5) is 11.3. The third kappa shape index (κ3) is 3.09. The summed E-state index contributed by atoms with van der Waals surface area (Å²) in [5, 5.41) is 11.8. The predicted octanol–water partition coefficient (Wildman–Crippen LogP) is 2.76. The fourth-order valence-electron chi connectivity index (χ4n) is 1.06. The van der Waals surface area contributed by atoms with E-state index in [0.29, 0.717) is 10.6 Å². The molecule has 0 spiro atoms. The number of hydrogen-bond acceptors (Lipinski definition) is 2. The second-order valence-electron chi connectivity index (χ2n) is 2.91. The lowest BCUT2D eigenvalue weighted by Crippen LogP contribution is -2.19. The summed E-state index contributed by atoms with van der Waals surface area (Å²) in [5.41, 5.74) is 0.720. The van der Waals surface area contributed by atoms with E-state index in [2.05, 4.69) is 21.2 Å². The van der Waals surface area contributed by atoms with E-state index < -0.39 is 5.91 Å². The van der Waals surface area contributed by atoms with Crippen LogP contribution in [0.5, 0.6) is 0 Å². The van der Waals surface area contributed by atoms with E-state index in [1.165, 1.54) is 13.1 Å². The molecule has 0 aromatic heterocycles. The van der Waals surface area contributed by atoms with Crippen LogP contribution < -0.4 is 5.32 Å². The lowest BCUT2D eigenvalue weighted by atomic mass is 10.1. The van der Waals surface area contributed by atoms with Gasteiger partial charge in [0.25, 0.3) is 5.91 Å². The number of likely N-dealkylation sites (N-methyl/N-ethyl adjacent to an activating group) is 1. The molecule has 0 aliphatic heterocycles. The largest absolute Gasteiger partial charge is 0.354 e. The van der Waals surface area contributed by atoms with Crippen molar-refractivity contribution in [1.29, 1.82) is 5.26 Å². The quantitative estimate of drug-likeness (QED) is 0.674. The number of hydrogen-bond donors (Lipinski definition) is 1. The van der Waals surface area contributed by atoms with Gasteiger partial charge in [-0.2, -0.15) is 5.26 Å². The normalized spacial score (nSPS) is 10.8. The second-order valence-corrected chi connectivity index (χ2v) is 4.21. The average molecular weight is 300 g/mol. The van der Waals surface area contributed by atoms with Crippen molar-refractivity contribution in [2.75, 3.05) is 7.05 Å². The summed E-state index contributed by atoms with van der Waals surface area (Å²) in [6, 6.07) is 6.98. The smallest absolute Gasteiger partial charge is 0.261 e. The number of nitrogens with one attached hydrogen (secondary N) is 1. The van der Waals surface area contributed by atoms with Gasteiger partial charge in [0.05, 0.1) is 0 Å². The predicted molar refractivity (Wildman–Crippen MR) is 66.8 cm³/mol. The van der Waals surface area contributed by atoms with Crippen molar-refractivity contribution in [3.63, 3.8) is 0 Å². The first-order chi connectivity index (χ1) is 7.58. The maximum absolute atomic E-state index is 11.3. The summed E-state index contributed by atoms with van der Waals surface area (Å²) in [5.74, 6) is -0.422. The van der Waals surface area contributed by atoms with E-state index in [-0.39, 0.29) is 5.57 Å². The fourth-order valence-corrected chi connectivity index (χ4v) is 1.61. The van der Waals surface area contributed by atoms with Crippen LogP contribution in [0.25, 0.3) is 6.08 Å². The number of nitrogens with zero attached hydrogens (tertiary/aromatic N) is 1. The van der Waals surface area contributed by atoms with E-state index in [1.807, 2.05) is 6.07 Å². The van der Waals surface area contributed by atoms with Crippen LogP contribution in [0.15, 0.2) is 28.2 Å². The standard InChI is InChI=1S/C11H8BrClN2O/c1-15-11(16)8(6-14)4-7-5-9(13)2-3-10(7)12/h2-5H,1H3,(H,15,16). The minimum atomic E-state index is -0.422. The number of carbonyl (C=O) groups excluding carboxylic acids is 1. The van der Waals surface area contributed by atoms with Crippen molar-refractivity contribution in [3.05, 3.63) is 38.8 Å². The summed E-state index contributed by atoms with van der Waals surface area (Å²) in [6.07, 6.45) is 1.48. The van der Waals surface area contributed by atoms with Gasteiger partial charge < -0.3 is 5.32 Å². The summed E-state index contributed by atoms with van der Waals surface area (Å²) < 4.78 is 0.772. The first-order valence-electron chi connectivity index (χ1n) is 4.37. The molecule has 0 aliphatic rings. The van der Waals surface area contributed by atoms with Crippen LogP contribution in [0.1, 0.15) is 5.56 Å². The van der Waals surface area contributed by atoms with Gasteiger partial charge in [-0.1, -0.05) is 27.5 Å². The number of halogens is 2. The Bertz CT molecular complexity index is 491. The van der Waals surface area contributed by atoms with Gasteiger partial charge in [0.15, 0.2) is 0 Å². The molecule has 0 heterocycles. The highest BCUT2D eigenvalue weighted by Gasteiger charge is 2.07. The van der Waals surface area contributed by atoms with Crippen molar-refractivity contribution < 1.29 is 4.79 Å². The molecule has 0 atom stereocenters. The number of carbonyl (C=O) groups is 1. The SMILES string of the molecule is CNC(=O)C(C#N)=Cc1cc(Cl)ccc1Br. The molecule has 1 rings (SSSR count). The maximum Gasteiger partial charge on any atom is 0.261 e. The molecule has 3 nitrogen and oxygen atoms in total. The second kappa shape index (κ2) is 5.69. The number of nitriles is 1. The minimum absolute atomic E-state index is 0.0328. The van der Waals surface area contributed by atoms with Gasteiger partial charge in [-0.15, -0.1) is 0 Å². The molecular weight excluding hydrogens is 291 g/mol. The van der Waals surface area contributed by atoms with Crippen LogP contribution in [0.4, 0.5) is 0 Å². The molecule has 16 heavy (non-hydrogen) atoms. The van der Waals surface area contributed by atoms with E-state index >= 15 is 0 Å². The van der Waals surface area contributed by atoms with Gasteiger partial charge in [-0.3, -0.25) is 4.79 Å². The zero-order chi connectivity index (χ0) is 12.1. The Morgan fingerprint density at radius 3 is 2.88 bits per heavy atom. The zero-order valence-corrected chi connectivity index (χ0v) is 10.8. The molecule has 1 aromatic rings. The molecule has 0 saturated heterocycles. The van der Waals surface area contributed by atoms with E-state index in [1.54, 1.807) is 18.2 Å². The van der Waals surface area contributed by atoms with Crippen molar-refractivity contribution >= 4 is 39.5 Å². The van der Waals surface area contributed by atoms with Crippen LogP contribution in [0, 0.1) is 11.3 Å². The van der Waals surface area contributed by atoms with Crippen LogP contribution in [0.2, 0.25) is 5.02 Å². The third-order valence-corrected chi connectivity index (χ3v) is 2.81. The molecule has 0 radical (unpaired) electrons. The van der Waals surface area contributed by atoms with Crippen LogP contribution >= 0.6 is 27.5 Å². The van der Waals surface area contributed by atoms with E-state index in [4.69, 9.17) is 16.9 Å². The molecule has 0 aliphatic carbocycles. The lowest BCUT2D eigenvalue weighted by Gasteiger charge is -2.01. The maximum atomic E-state index is 11.3.